The molecule has 6 heteroatoms. The first kappa shape index (κ1) is 17.1. The number of carbonyl (C=O) groups is 1. The Morgan fingerprint density at radius 3 is 2.33 bits per heavy atom. The molecule has 134 valence electrons. The van der Waals surface area contributed by atoms with Crippen molar-refractivity contribution in [2.45, 2.75) is 6.92 Å². The number of rotatable bonds is 3. The topological polar surface area (TPSA) is 59.0 Å². The van der Waals surface area contributed by atoms with Crippen LogP contribution in [0.1, 0.15) is 5.82 Å². The second-order valence-corrected chi connectivity index (χ2v) is 6.56. The molecule has 27 heavy (non-hydrogen) atoms. The van der Waals surface area contributed by atoms with Gasteiger partial charge in [0, 0.05) is 22.1 Å². The lowest BCUT2D eigenvalue weighted by atomic mass is 10.2. The normalized spacial score (nSPS) is 10.7. The van der Waals surface area contributed by atoms with E-state index in [1.54, 1.807) is 24.3 Å². The molecular formula is C21H17ClN4O. The van der Waals surface area contributed by atoms with Crippen LogP contribution in [0.3, 0.4) is 0 Å². The number of amides is 2. The van der Waals surface area contributed by atoms with Gasteiger partial charge in [-0.05, 0) is 61.5 Å². The highest BCUT2D eigenvalue weighted by atomic mass is 35.5. The molecule has 2 N–H and O–H groups in total. The lowest BCUT2D eigenvalue weighted by molar-refractivity contribution is 0.262. The Kier molecular flexibility index (Phi) is 4.52. The molecule has 5 nitrogen and oxygen atoms in total. The number of halogens is 1. The smallest absolute Gasteiger partial charge is 0.308 e. The van der Waals surface area contributed by atoms with Crippen LogP contribution >= 0.6 is 11.6 Å². The van der Waals surface area contributed by atoms with Gasteiger partial charge in [-0.1, -0.05) is 29.8 Å². The number of hydrogen-bond acceptors (Lipinski definition) is 2. The Morgan fingerprint density at radius 2 is 1.59 bits per heavy atom. The van der Waals surface area contributed by atoms with Crippen molar-refractivity contribution >= 4 is 40.0 Å². The highest BCUT2D eigenvalue weighted by Crippen LogP contribution is 2.24. The first-order valence-electron chi connectivity index (χ1n) is 8.48. The summed E-state index contributed by atoms with van der Waals surface area (Å²) in [5.41, 5.74) is 4.20. The third-order valence-corrected chi connectivity index (χ3v) is 4.45. The molecule has 3 aromatic carbocycles. The van der Waals surface area contributed by atoms with Crippen molar-refractivity contribution in [2.75, 3.05) is 10.6 Å². The molecule has 1 aromatic heterocycles. The average molecular weight is 377 g/mol. The van der Waals surface area contributed by atoms with Gasteiger partial charge in [-0.3, -0.25) is 4.57 Å². The molecule has 1 heterocycles. The molecule has 0 saturated carbocycles. The number of nitrogens with one attached hydrogen (secondary N) is 2. The van der Waals surface area contributed by atoms with Gasteiger partial charge < -0.3 is 10.6 Å². The maximum Gasteiger partial charge on any atom is 0.323 e. The number of anilines is 2. The van der Waals surface area contributed by atoms with Crippen LogP contribution in [0.4, 0.5) is 16.2 Å². The van der Waals surface area contributed by atoms with Crippen molar-refractivity contribution in [3.05, 3.63) is 83.6 Å². The molecule has 0 atom stereocenters. The van der Waals surface area contributed by atoms with Crippen LogP contribution in [-0.4, -0.2) is 15.6 Å². The maximum absolute atomic E-state index is 12.2. The van der Waals surface area contributed by atoms with Gasteiger partial charge in [-0.25, -0.2) is 9.78 Å². The Labute approximate surface area is 161 Å². The van der Waals surface area contributed by atoms with E-state index in [-0.39, 0.29) is 6.03 Å². The standard InChI is InChI=1S/C21H17ClN4O/c1-14-23-19-13-17(25-21(27)24-16-9-7-15(22)8-10-16)11-12-20(19)26(14)18-5-3-2-4-6-18/h2-13H,1H3,(H2,24,25,27). The molecule has 0 spiro atoms. The quantitative estimate of drug-likeness (QED) is 0.486. The van der Waals surface area contributed by atoms with Crippen molar-refractivity contribution in [2.24, 2.45) is 0 Å². The van der Waals surface area contributed by atoms with Crippen LogP contribution in [0, 0.1) is 6.92 Å². The van der Waals surface area contributed by atoms with Crippen molar-refractivity contribution in [3.8, 4) is 5.69 Å². The minimum Gasteiger partial charge on any atom is -0.308 e. The highest BCUT2D eigenvalue weighted by molar-refractivity contribution is 6.30. The van der Waals surface area contributed by atoms with Gasteiger partial charge in [0.2, 0.25) is 0 Å². The number of nitrogens with zero attached hydrogens (tertiary/aromatic N) is 2. The first-order valence-corrected chi connectivity index (χ1v) is 8.86. The Balaban J connectivity index is 1.57. The summed E-state index contributed by atoms with van der Waals surface area (Å²) in [5.74, 6) is 0.888. The highest BCUT2D eigenvalue weighted by Gasteiger charge is 2.11. The molecule has 0 aliphatic heterocycles. The molecule has 0 fully saturated rings. The Morgan fingerprint density at radius 1 is 0.926 bits per heavy atom. The number of hydrogen-bond donors (Lipinski definition) is 2. The van der Waals surface area contributed by atoms with Crippen LogP contribution in [0.5, 0.6) is 0 Å². The molecule has 0 aliphatic carbocycles. The van der Waals surface area contributed by atoms with E-state index in [1.807, 2.05) is 55.5 Å². The summed E-state index contributed by atoms with van der Waals surface area (Å²) in [6.45, 7) is 1.97. The summed E-state index contributed by atoms with van der Waals surface area (Å²) in [4.78, 5) is 16.8. The van der Waals surface area contributed by atoms with Crippen molar-refractivity contribution in [3.63, 3.8) is 0 Å². The van der Waals surface area contributed by atoms with Gasteiger partial charge in [0.05, 0.1) is 11.0 Å². The summed E-state index contributed by atoms with van der Waals surface area (Å²) >= 11 is 5.86. The minimum absolute atomic E-state index is 0.323. The molecule has 4 rings (SSSR count). The van der Waals surface area contributed by atoms with E-state index in [2.05, 4.69) is 20.2 Å². The van der Waals surface area contributed by atoms with Crippen molar-refractivity contribution in [1.29, 1.82) is 0 Å². The van der Waals surface area contributed by atoms with Gasteiger partial charge in [0.25, 0.3) is 0 Å². The molecule has 0 radical (unpaired) electrons. The van der Waals surface area contributed by atoms with Crippen LogP contribution in [0.15, 0.2) is 72.8 Å². The third kappa shape index (κ3) is 3.64. The van der Waals surface area contributed by atoms with Crippen molar-refractivity contribution < 1.29 is 4.79 Å². The van der Waals surface area contributed by atoms with E-state index in [0.29, 0.717) is 16.4 Å². The molecule has 0 unspecified atom stereocenters. The zero-order chi connectivity index (χ0) is 18.8. The minimum atomic E-state index is -0.323. The molecule has 4 aromatic rings. The van der Waals surface area contributed by atoms with Gasteiger partial charge in [-0.2, -0.15) is 0 Å². The summed E-state index contributed by atoms with van der Waals surface area (Å²) < 4.78 is 2.09. The van der Waals surface area contributed by atoms with Crippen LogP contribution in [-0.2, 0) is 0 Å². The Hall–Kier alpha value is -3.31. The number of aromatic nitrogens is 2. The first-order chi connectivity index (χ1) is 13.1. The largest absolute Gasteiger partial charge is 0.323 e. The maximum atomic E-state index is 12.2. The summed E-state index contributed by atoms with van der Waals surface area (Å²) in [6.07, 6.45) is 0. The van der Waals surface area contributed by atoms with Crippen LogP contribution in [0.2, 0.25) is 5.02 Å². The number of urea groups is 1. The second-order valence-electron chi connectivity index (χ2n) is 6.12. The lowest BCUT2D eigenvalue weighted by Gasteiger charge is -2.09. The predicted molar refractivity (Wildman–Crippen MR) is 110 cm³/mol. The monoisotopic (exact) mass is 376 g/mol. The van der Waals surface area contributed by atoms with Crippen LogP contribution < -0.4 is 10.6 Å². The van der Waals surface area contributed by atoms with Crippen molar-refractivity contribution in [1.82, 2.24) is 9.55 Å². The van der Waals surface area contributed by atoms with E-state index in [4.69, 9.17) is 11.6 Å². The van der Waals surface area contributed by atoms with E-state index >= 15 is 0 Å². The molecular weight excluding hydrogens is 360 g/mol. The van der Waals surface area contributed by atoms with Gasteiger partial charge in [0.1, 0.15) is 5.82 Å². The number of para-hydroxylation sites is 1. The third-order valence-electron chi connectivity index (χ3n) is 4.20. The summed E-state index contributed by atoms with van der Waals surface area (Å²) in [7, 11) is 0. The number of imidazole rings is 1. The zero-order valence-corrected chi connectivity index (χ0v) is 15.4. The molecule has 0 aliphatic rings. The van der Waals surface area contributed by atoms with Gasteiger partial charge in [-0.15, -0.1) is 0 Å². The van der Waals surface area contributed by atoms with Gasteiger partial charge >= 0.3 is 6.03 Å². The average Bonchev–Trinajstić information content (AvgIpc) is 2.99. The van der Waals surface area contributed by atoms with Gasteiger partial charge in [0.15, 0.2) is 0 Å². The number of fused-ring (bicyclic) bond motifs is 1. The molecule has 2 amide bonds. The van der Waals surface area contributed by atoms with E-state index in [0.717, 1.165) is 22.5 Å². The number of carbonyl (C=O) groups excluding carboxylic acids is 1. The molecule has 0 saturated heterocycles. The van der Waals surface area contributed by atoms with E-state index in [1.165, 1.54) is 0 Å². The number of aryl methyl sites for hydroxylation is 1. The summed E-state index contributed by atoms with van der Waals surface area (Å²) in [5, 5.41) is 6.23. The number of benzene rings is 3. The molecule has 0 bridgehead atoms. The fourth-order valence-corrected chi connectivity index (χ4v) is 3.13. The predicted octanol–water partition coefficient (Wildman–Crippen LogP) is 5.63. The zero-order valence-electron chi connectivity index (χ0n) is 14.6. The SMILES string of the molecule is Cc1nc2cc(NC(=O)Nc3ccc(Cl)cc3)ccc2n1-c1ccccc1. The Bertz CT molecular complexity index is 1100. The van der Waals surface area contributed by atoms with E-state index < -0.39 is 0 Å². The summed E-state index contributed by atoms with van der Waals surface area (Å²) in [6, 6.07) is 22.4. The fourth-order valence-electron chi connectivity index (χ4n) is 3.01. The van der Waals surface area contributed by atoms with Crippen LogP contribution in [0.25, 0.3) is 16.7 Å². The van der Waals surface area contributed by atoms with E-state index in [9.17, 15) is 4.79 Å². The second kappa shape index (κ2) is 7.13. The lowest BCUT2D eigenvalue weighted by Crippen LogP contribution is -2.19. The fraction of sp³-hybridized carbons (Fsp3) is 0.0476.